The zero-order valence-corrected chi connectivity index (χ0v) is 31.6. The molecule has 1 saturated heterocycles. The van der Waals surface area contributed by atoms with E-state index in [2.05, 4.69) is 12.0 Å². The number of unbranched alkanes of at least 4 members (excludes halogenated alkanes) is 3. The number of carbonyl (C=O) groups excluding carboxylic acids is 3. The molecule has 288 valence electrons. The lowest BCUT2D eigenvalue weighted by molar-refractivity contribution is -0.134. The fourth-order valence-corrected chi connectivity index (χ4v) is 7.48. The van der Waals surface area contributed by atoms with E-state index in [0.717, 1.165) is 43.0 Å². The lowest BCUT2D eigenvalue weighted by atomic mass is 10.0. The fourth-order valence-electron chi connectivity index (χ4n) is 6.57. The van der Waals surface area contributed by atoms with Gasteiger partial charge in [-0.3, -0.25) is 19.3 Å². The summed E-state index contributed by atoms with van der Waals surface area (Å²) in [5.41, 5.74) is 0.501. The molecule has 3 amide bonds. The van der Waals surface area contributed by atoms with Gasteiger partial charge in [-0.1, -0.05) is 50.5 Å². The Balaban J connectivity index is 1.37. The summed E-state index contributed by atoms with van der Waals surface area (Å²) < 4.78 is 51.6. The highest BCUT2D eigenvalue weighted by Crippen LogP contribution is 2.31. The summed E-state index contributed by atoms with van der Waals surface area (Å²) in [7, 11) is -1.98. The highest BCUT2D eigenvalue weighted by atomic mass is 32.2. The molecule has 1 saturated carbocycles. The molecule has 0 N–H and O–H groups in total. The third-order valence-electron chi connectivity index (χ3n) is 9.65. The molecular formula is C38H50FN5O8S. The van der Waals surface area contributed by atoms with Crippen LogP contribution in [0.5, 0.6) is 0 Å². The minimum absolute atomic E-state index is 0.0411. The van der Waals surface area contributed by atoms with Gasteiger partial charge in [0.15, 0.2) is 9.84 Å². The van der Waals surface area contributed by atoms with E-state index >= 15 is 4.39 Å². The second-order valence-electron chi connectivity index (χ2n) is 14.0. The third-order valence-corrected chi connectivity index (χ3v) is 10.6. The molecule has 0 spiro atoms. The SMILES string of the molecule is CCCCCCC(CS(C)(=O)=O)OC(=O)N(CCOC)Cn1nc(Cc2ccc(F)c(C(=O)N3CCN(C(=O)C4CC4)CC3)c2)c2ccccc2c1=O. The van der Waals surface area contributed by atoms with Crippen LogP contribution in [0.25, 0.3) is 10.8 Å². The smallest absolute Gasteiger partial charge is 0.411 e. The van der Waals surface area contributed by atoms with Gasteiger partial charge >= 0.3 is 6.09 Å². The number of fused-ring (bicyclic) bond motifs is 1. The number of hydrogen-bond acceptors (Lipinski definition) is 9. The summed E-state index contributed by atoms with van der Waals surface area (Å²) in [6.07, 6.45) is 5.33. The van der Waals surface area contributed by atoms with Gasteiger partial charge in [-0.25, -0.2) is 22.3 Å². The first-order chi connectivity index (χ1) is 25.4. The van der Waals surface area contributed by atoms with Gasteiger partial charge in [0.25, 0.3) is 11.5 Å². The molecule has 53 heavy (non-hydrogen) atoms. The maximum absolute atomic E-state index is 15.1. The second kappa shape index (κ2) is 18.1. The van der Waals surface area contributed by atoms with E-state index in [9.17, 15) is 27.6 Å². The maximum Gasteiger partial charge on any atom is 0.411 e. The number of sulfone groups is 1. The van der Waals surface area contributed by atoms with Gasteiger partial charge in [0, 0.05) is 63.8 Å². The van der Waals surface area contributed by atoms with E-state index in [4.69, 9.17) is 9.47 Å². The number of benzene rings is 2. The van der Waals surface area contributed by atoms with Crippen molar-refractivity contribution in [1.82, 2.24) is 24.5 Å². The van der Waals surface area contributed by atoms with Crippen LogP contribution in [0.3, 0.4) is 0 Å². The Bertz CT molecular complexity index is 1940. The van der Waals surface area contributed by atoms with Crippen molar-refractivity contribution in [2.45, 2.75) is 71.1 Å². The molecule has 3 aromatic rings. The zero-order chi connectivity index (χ0) is 38.1. The van der Waals surface area contributed by atoms with Crippen LogP contribution in [0.2, 0.25) is 0 Å². The van der Waals surface area contributed by atoms with Gasteiger partial charge in [0.05, 0.1) is 29.0 Å². The molecule has 1 atom stereocenters. The highest BCUT2D eigenvalue weighted by Gasteiger charge is 2.35. The van der Waals surface area contributed by atoms with Gasteiger partial charge in [-0.15, -0.1) is 0 Å². The predicted molar refractivity (Wildman–Crippen MR) is 198 cm³/mol. The van der Waals surface area contributed by atoms with Crippen LogP contribution in [-0.2, 0) is 37.2 Å². The molecule has 1 unspecified atom stereocenters. The number of rotatable bonds is 17. The van der Waals surface area contributed by atoms with Crippen LogP contribution >= 0.6 is 0 Å². The summed E-state index contributed by atoms with van der Waals surface area (Å²) >= 11 is 0. The van der Waals surface area contributed by atoms with E-state index in [1.54, 1.807) is 40.1 Å². The number of ether oxygens (including phenoxy) is 2. The first-order valence-corrected chi connectivity index (χ1v) is 20.4. The van der Waals surface area contributed by atoms with Crippen LogP contribution in [0.4, 0.5) is 9.18 Å². The van der Waals surface area contributed by atoms with E-state index < -0.39 is 39.3 Å². The molecule has 13 nitrogen and oxygen atoms in total. The lowest BCUT2D eigenvalue weighted by Crippen LogP contribution is -2.51. The largest absolute Gasteiger partial charge is 0.445 e. The molecule has 1 aliphatic heterocycles. The quantitative estimate of drug-likeness (QED) is 0.185. The number of piperazine rings is 1. The molecule has 1 aliphatic carbocycles. The Morgan fingerprint density at radius 3 is 2.36 bits per heavy atom. The first-order valence-electron chi connectivity index (χ1n) is 18.4. The standard InChI is InChI=1S/C38H50FN5O8S/c1-4-5-6-7-10-29(25-53(3,49)50)52-38(48)43(21-22-51-2)26-44-37(47)31-12-9-8-11-30(31)34(40-44)24-27-13-16-33(39)32(23-27)36(46)42-19-17-41(18-20-42)35(45)28-14-15-28/h8-9,11-13,16,23,28-29H,4-7,10,14-15,17-22,24-26H2,1-3H3. The summed E-state index contributed by atoms with van der Waals surface area (Å²) in [6.45, 7) is 3.37. The molecule has 2 aromatic carbocycles. The van der Waals surface area contributed by atoms with Gasteiger partial charge in [-0.2, -0.15) is 5.10 Å². The Morgan fingerprint density at radius 1 is 1.00 bits per heavy atom. The number of hydrogen-bond donors (Lipinski definition) is 0. The summed E-state index contributed by atoms with van der Waals surface area (Å²) in [5, 5.41) is 5.57. The lowest BCUT2D eigenvalue weighted by Gasteiger charge is -2.35. The van der Waals surface area contributed by atoms with Crippen molar-refractivity contribution < 1.29 is 36.7 Å². The van der Waals surface area contributed by atoms with Gasteiger partial charge in [0.1, 0.15) is 18.6 Å². The third kappa shape index (κ3) is 10.8. The summed E-state index contributed by atoms with van der Waals surface area (Å²) in [6, 6.07) is 11.2. The molecule has 1 aromatic heterocycles. The van der Waals surface area contributed by atoms with Gasteiger partial charge in [-0.05, 0) is 49.4 Å². The van der Waals surface area contributed by atoms with Crippen molar-refractivity contribution in [2.75, 3.05) is 58.4 Å². The molecule has 15 heteroatoms. The van der Waals surface area contributed by atoms with Crippen LogP contribution < -0.4 is 5.56 Å². The summed E-state index contributed by atoms with van der Waals surface area (Å²) in [5.74, 6) is -1.22. The Morgan fingerprint density at radius 2 is 1.70 bits per heavy atom. The number of methoxy groups -OCH3 is 1. The average Bonchev–Trinajstić information content (AvgIpc) is 3.99. The maximum atomic E-state index is 15.1. The van der Waals surface area contributed by atoms with Crippen molar-refractivity contribution in [2.24, 2.45) is 5.92 Å². The van der Waals surface area contributed by atoms with Crippen LogP contribution in [0.15, 0.2) is 47.3 Å². The van der Waals surface area contributed by atoms with Gasteiger partial charge in [0.2, 0.25) is 5.91 Å². The van der Waals surface area contributed by atoms with E-state index in [1.165, 1.54) is 24.1 Å². The molecule has 0 bridgehead atoms. The van der Waals surface area contributed by atoms with Gasteiger partial charge < -0.3 is 19.3 Å². The topological polar surface area (TPSA) is 148 Å². The number of aromatic nitrogens is 2. The van der Waals surface area contributed by atoms with Crippen LogP contribution in [0, 0.1) is 11.7 Å². The molecule has 0 radical (unpaired) electrons. The number of nitrogens with zero attached hydrogens (tertiary/aromatic N) is 5. The molecular weight excluding hydrogens is 706 g/mol. The first kappa shape index (κ1) is 39.8. The van der Waals surface area contributed by atoms with Crippen molar-refractivity contribution >= 4 is 38.5 Å². The zero-order valence-electron chi connectivity index (χ0n) is 30.8. The normalized spacial score (nSPS) is 15.4. The minimum Gasteiger partial charge on any atom is -0.445 e. The Labute approximate surface area is 309 Å². The van der Waals surface area contributed by atoms with E-state index in [0.29, 0.717) is 61.1 Å². The number of halogens is 1. The van der Waals surface area contributed by atoms with E-state index in [-0.39, 0.29) is 49.4 Å². The van der Waals surface area contributed by atoms with Crippen molar-refractivity contribution in [3.05, 3.63) is 75.5 Å². The van der Waals surface area contributed by atoms with Crippen molar-refractivity contribution in [3.8, 4) is 0 Å². The molecule has 2 fully saturated rings. The number of amides is 3. The second-order valence-corrected chi connectivity index (χ2v) is 16.2. The molecule has 5 rings (SSSR count). The van der Waals surface area contributed by atoms with Crippen LogP contribution in [0.1, 0.15) is 73.5 Å². The highest BCUT2D eigenvalue weighted by molar-refractivity contribution is 7.90. The van der Waals surface area contributed by atoms with Crippen LogP contribution in [-0.4, -0.2) is 115 Å². The predicted octanol–water partition coefficient (Wildman–Crippen LogP) is 4.25. The Hall–Kier alpha value is -4.37. The van der Waals surface area contributed by atoms with E-state index in [1.807, 2.05) is 0 Å². The monoisotopic (exact) mass is 755 g/mol. The molecule has 2 heterocycles. The van der Waals surface area contributed by atoms with Crippen molar-refractivity contribution in [3.63, 3.8) is 0 Å². The number of carbonyl (C=O) groups is 3. The summed E-state index contributed by atoms with van der Waals surface area (Å²) in [4.78, 5) is 57.9. The minimum atomic E-state index is -3.45. The molecule has 2 aliphatic rings. The fraction of sp³-hybridized carbons (Fsp3) is 0.553. The Kier molecular flexibility index (Phi) is 13.6. The van der Waals surface area contributed by atoms with Crippen molar-refractivity contribution in [1.29, 1.82) is 0 Å². The average molecular weight is 756 g/mol.